The maximum atomic E-state index is 5.90. The molecule has 0 unspecified atom stereocenters. The zero-order valence-electron chi connectivity index (χ0n) is 9.34. The summed E-state index contributed by atoms with van der Waals surface area (Å²) in [5.74, 6) is 0.550. The zero-order chi connectivity index (χ0) is 11.0. The number of ether oxygens (including phenoxy) is 3. The number of fused-ring (bicyclic) bond motifs is 1. The van der Waals surface area contributed by atoms with Gasteiger partial charge in [0.15, 0.2) is 6.29 Å². The molecule has 1 aromatic carbocycles. The highest BCUT2D eigenvalue weighted by Crippen LogP contribution is 2.47. The molecule has 1 aliphatic carbocycles. The van der Waals surface area contributed by atoms with Crippen LogP contribution in [0.15, 0.2) is 30.3 Å². The van der Waals surface area contributed by atoms with Crippen LogP contribution in [0.5, 0.6) is 0 Å². The predicted octanol–water partition coefficient (Wildman–Crippen LogP) is 1.96. The van der Waals surface area contributed by atoms with E-state index in [9.17, 15) is 0 Å². The van der Waals surface area contributed by atoms with E-state index in [1.165, 1.54) is 5.56 Å². The van der Waals surface area contributed by atoms with E-state index in [2.05, 4.69) is 12.1 Å². The molecular formula is C13H16O3. The molecule has 0 N–H and O–H groups in total. The summed E-state index contributed by atoms with van der Waals surface area (Å²) in [6.45, 7) is 0.637. The topological polar surface area (TPSA) is 27.7 Å². The van der Waals surface area contributed by atoms with Crippen LogP contribution in [-0.4, -0.2) is 25.6 Å². The van der Waals surface area contributed by atoms with E-state index >= 15 is 0 Å². The van der Waals surface area contributed by atoms with Gasteiger partial charge in [-0.2, -0.15) is 0 Å². The van der Waals surface area contributed by atoms with Gasteiger partial charge >= 0.3 is 0 Å². The molecule has 1 heterocycles. The van der Waals surface area contributed by atoms with Crippen molar-refractivity contribution in [1.82, 2.24) is 0 Å². The van der Waals surface area contributed by atoms with Crippen molar-refractivity contribution in [1.29, 1.82) is 0 Å². The van der Waals surface area contributed by atoms with Crippen LogP contribution in [0.25, 0.3) is 0 Å². The third-order valence-corrected chi connectivity index (χ3v) is 3.30. The Hall–Kier alpha value is -0.900. The van der Waals surface area contributed by atoms with E-state index in [-0.39, 0.29) is 12.4 Å². The Kier molecular flexibility index (Phi) is 2.67. The average molecular weight is 220 g/mol. The lowest BCUT2D eigenvalue weighted by Crippen LogP contribution is -2.29. The molecule has 86 valence electrons. The van der Waals surface area contributed by atoms with Gasteiger partial charge in [-0.3, -0.25) is 0 Å². The Morgan fingerprint density at radius 3 is 2.88 bits per heavy atom. The Bertz CT molecular complexity index is 351. The molecule has 3 nitrogen and oxygen atoms in total. The van der Waals surface area contributed by atoms with Crippen LogP contribution in [0.1, 0.15) is 12.0 Å². The summed E-state index contributed by atoms with van der Waals surface area (Å²) in [6, 6.07) is 10.2. The summed E-state index contributed by atoms with van der Waals surface area (Å²) in [4.78, 5) is 0. The largest absolute Gasteiger partial charge is 0.368 e. The smallest absolute Gasteiger partial charge is 0.184 e. The van der Waals surface area contributed by atoms with Gasteiger partial charge in [-0.25, -0.2) is 0 Å². The van der Waals surface area contributed by atoms with Crippen molar-refractivity contribution in [3.05, 3.63) is 35.9 Å². The fraction of sp³-hybridized carbons (Fsp3) is 0.538. The number of benzene rings is 1. The summed E-state index contributed by atoms with van der Waals surface area (Å²) in [6.07, 6.45) is 1.44. The molecule has 2 fully saturated rings. The van der Waals surface area contributed by atoms with Crippen LogP contribution in [0.2, 0.25) is 0 Å². The first kappa shape index (κ1) is 10.3. The molecule has 4 atom stereocenters. The fourth-order valence-corrected chi connectivity index (χ4v) is 2.30. The second kappa shape index (κ2) is 4.17. The number of methoxy groups -OCH3 is 1. The minimum Gasteiger partial charge on any atom is -0.368 e. The van der Waals surface area contributed by atoms with E-state index in [0.29, 0.717) is 18.6 Å². The molecule has 16 heavy (non-hydrogen) atoms. The molecule has 3 heteroatoms. The highest BCUT2D eigenvalue weighted by atomic mass is 16.7. The van der Waals surface area contributed by atoms with Crippen molar-refractivity contribution < 1.29 is 14.2 Å². The van der Waals surface area contributed by atoms with Crippen molar-refractivity contribution in [2.24, 2.45) is 5.92 Å². The number of rotatable bonds is 4. The first-order chi connectivity index (χ1) is 7.88. The van der Waals surface area contributed by atoms with Gasteiger partial charge in [-0.05, 0) is 12.0 Å². The summed E-state index contributed by atoms with van der Waals surface area (Å²) >= 11 is 0. The molecule has 0 aromatic heterocycles. The fourth-order valence-electron chi connectivity index (χ4n) is 2.30. The summed E-state index contributed by atoms with van der Waals surface area (Å²) < 4.78 is 16.8. The van der Waals surface area contributed by atoms with Crippen molar-refractivity contribution >= 4 is 0 Å². The van der Waals surface area contributed by atoms with Gasteiger partial charge in [0.25, 0.3) is 0 Å². The molecule has 0 bridgehead atoms. The molecule has 3 rings (SSSR count). The number of hydrogen-bond donors (Lipinski definition) is 0. The summed E-state index contributed by atoms with van der Waals surface area (Å²) in [7, 11) is 1.67. The lowest BCUT2D eigenvalue weighted by molar-refractivity contribution is -0.171. The zero-order valence-corrected chi connectivity index (χ0v) is 9.34. The Morgan fingerprint density at radius 1 is 1.31 bits per heavy atom. The van der Waals surface area contributed by atoms with E-state index in [0.717, 1.165) is 6.42 Å². The molecular weight excluding hydrogens is 204 g/mol. The number of hydrogen-bond acceptors (Lipinski definition) is 3. The lowest BCUT2D eigenvalue weighted by Gasteiger charge is -2.20. The van der Waals surface area contributed by atoms with Gasteiger partial charge < -0.3 is 14.2 Å². The molecule has 1 saturated heterocycles. The second-order valence-corrected chi connectivity index (χ2v) is 4.44. The molecule has 0 amide bonds. The van der Waals surface area contributed by atoms with Crippen molar-refractivity contribution in [3.8, 4) is 0 Å². The summed E-state index contributed by atoms with van der Waals surface area (Å²) in [5, 5.41) is 0. The van der Waals surface area contributed by atoms with Crippen molar-refractivity contribution in [2.45, 2.75) is 31.5 Å². The van der Waals surface area contributed by atoms with Crippen LogP contribution in [0, 0.1) is 5.92 Å². The highest BCUT2D eigenvalue weighted by Gasteiger charge is 2.56. The van der Waals surface area contributed by atoms with Gasteiger partial charge in [0.2, 0.25) is 0 Å². The normalized spacial score (nSPS) is 36.1. The monoisotopic (exact) mass is 220 g/mol. The molecule has 1 saturated carbocycles. The SMILES string of the molecule is CO[C@H]1O[C@@H]2C[C@@H]2[C@@H]1OCc1ccccc1. The van der Waals surface area contributed by atoms with Gasteiger partial charge in [0.05, 0.1) is 12.7 Å². The second-order valence-electron chi connectivity index (χ2n) is 4.44. The van der Waals surface area contributed by atoms with E-state index in [1.807, 2.05) is 18.2 Å². The van der Waals surface area contributed by atoms with Crippen LogP contribution in [0.4, 0.5) is 0 Å². The van der Waals surface area contributed by atoms with Gasteiger partial charge in [0.1, 0.15) is 6.10 Å². The van der Waals surface area contributed by atoms with E-state index in [4.69, 9.17) is 14.2 Å². The molecule has 0 radical (unpaired) electrons. The molecule has 2 aliphatic rings. The summed E-state index contributed by atoms with van der Waals surface area (Å²) in [5.41, 5.74) is 1.20. The third kappa shape index (κ3) is 1.86. The Balaban J connectivity index is 1.58. The van der Waals surface area contributed by atoms with Gasteiger partial charge in [-0.1, -0.05) is 30.3 Å². The first-order valence-electron chi connectivity index (χ1n) is 5.72. The minimum atomic E-state index is -0.174. The average Bonchev–Trinajstić information content (AvgIpc) is 3.02. The molecule has 1 aliphatic heterocycles. The minimum absolute atomic E-state index is 0.107. The quantitative estimate of drug-likeness (QED) is 0.776. The van der Waals surface area contributed by atoms with Crippen molar-refractivity contribution in [3.63, 3.8) is 0 Å². The standard InChI is InChI=1S/C13H16O3/c1-14-13-12(10-7-11(10)16-13)15-8-9-5-3-2-4-6-9/h2-6,10-13H,7-8H2,1H3/t10-,11+,12-,13-/m0/s1. The highest BCUT2D eigenvalue weighted by molar-refractivity contribution is 5.13. The molecule has 1 aromatic rings. The first-order valence-corrected chi connectivity index (χ1v) is 5.72. The van der Waals surface area contributed by atoms with Crippen molar-refractivity contribution in [2.75, 3.05) is 7.11 Å². The Morgan fingerprint density at radius 2 is 2.12 bits per heavy atom. The third-order valence-electron chi connectivity index (χ3n) is 3.30. The maximum absolute atomic E-state index is 5.90. The van der Waals surface area contributed by atoms with Gasteiger partial charge in [-0.15, -0.1) is 0 Å². The molecule has 0 spiro atoms. The van der Waals surface area contributed by atoms with E-state index < -0.39 is 0 Å². The van der Waals surface area contributed by atoms with Gasteiger partial charge in [0, 0.05) is 13.0 Å². The van der Waals surface area contributed by atoms with Crippen LogP contribution in [0.3, 0.4) is 0 Å². The lowest BCUT2D eigenvalue weighted by atomic mass is 10.2. The Labute approximate surface area is 95.3 Å². The predicted molar refractivity (Wildman–Crippen MR) is 58.8 cm³/mol. The van der Waals surface area contributed by atoms with Crippen LogP contribution in [-0.2, 0) is 20.8 Å². The van der Waals surface area contributed by atoms with Crippen LogP contribution < -0.4 is 0 Å². The van der Waals surface area contributed by atoms with Crippen LogP contribution >= 0.6 is 0 Å². The van der Waals surface area contributed by atoms with E-state index in [1.54, 1.807) is 7.11 Å². The maximum Gasteiger partial charge on any atom is 0.184 e.